The Kier molecular flexibility index (Phi) is 5.51. The fourth-order valence-corrected chi connectivity index (χ4v) is 1.72. The maximum atomic E-state index is 10.6. The van der Waals surface area contributed by atoms with Crippen LogP contribution in [0, 0.1) is 0 Å². The van der Waals surface area contributed by atoms with Crippen LogP contribution in [-0.2, 0) is 6.54 Å². The number of hydrogen-bond donors (Lipinski definition) is 2. The first-order chi connectivity index (χ1) is 7.67. The second-order valence-electron chi connectivity index (χ2n) is 2.87. The third kappa shape index (κ3) is 3.96. The molecule has 0 unspecified atom stereocenters. The van der Waals surface area contributed by atoms with Gasteiger partial charge in [0.05, 0.1) is 14.2 Å². The van der Waals surface area contributed by atoms with Gasteiger partial charge < -0.3 is 9.47 Å². The van der Waals surface area contributed by atoms with Crippen molar-refractivity contribution < 1.29 is 14.3 Å². The average Bonchev–Trinajstić information content (AvgIpc) is 2.29. The van der Waals surface area contributed by atoms with E-state index in [0.717, 1.165) is 29.0 Å². The van der Waals surface area contributed by atoms with Gasteiger partial charge in [0.2, 0.25) is 0 Å². The molecule has 0 radical (unpaired) electrons. The zero-order chi connectivity index (χ0) is 12.0. The number of rotatable bonds is 5. The van der Waals surface area contributed by atoms with Crippen molar-refractivity contribution in [1.29, 1.82) is 0 Å². The van der Waals surface area contributed by atoms with E-state index < -0.39 is 0 Å². The Balaban J connectivity index is 2.68. The van der Waals surface area contributed by atoms with Gasteiger partial charge in [-0.25, -0.2) is 0 Å². The van der Waals surface area contributed by atoms with Crippen LogP contribution in [0.4, 0.5) is 4.79 Å². The number of carbonyl (C=O) groups excluding carboxylic acids is 1. The summed E-state index contributed by atoms with van der Waals surface area (Å²) in [6.07, 6.45) is 0. The third-order valence-electron chi connectivity index (χ3n) is 1.92. The molecule has 0 aliphatic heterocycles. The predicted octanol–water partition coefficient (Wildman–Crippen LogP) is 2.49. The van der Waals surface area contributed by atoms with Crippen molar-refractivity contribution in [3.05, 3.63) is 23.8 Å². The van der Waals surface area contributed by atoms with Gasteiger partial charge >= 0.3 is 0 Å². The normalized spacial score (nSPS) is 9.94. The molecule has 0 heterocycles. The highest BCUT2D eigenvalue weighted by Gasteiger charge is 2.05. The van der Waals surface area contributed by atoms with Crippen LogP contribution in [0.2, 0.25) is 0 Å². The summed E-state index contributed by atoms with van der Waals surface area (Å²) in [5, 5.41) is 0. The topological polar surface area (TPSA) is 47.6 Å². The van der Waals surface area contributed by atoms with Gasteiger partial charge in [-0.15, -0.1) is 0 Å². The molecule has 16 heavy (non-hydrogen) atoms. The van der Waals surface area contributed by atoms with Crippen molar-refractivity contribution in [3.63, 3.8) is 0 Å². The molecule has 0 aliphatic carbocycles. The monoisotopic (exact) mass is 259 g/mol. The van der Waals surface area contributed by atoms with Crippen LogP contribution < -0.4 is 14.2 Å². The molecule has 0 saturated heterocycles. The second kappa shape index (κ2) is 6.67. The summed E-state index contributed by atoms with van der Waals surface area (Å²) in [7, 11) is 3.19. The number of ether oxygens (including phenoxy) is 2. The van der Waals surface area contributed by atoms with Gasteiger partial charge in [0.25, 0.3) is 4.45 Å². The van der Waals surface area contributed by atoms with Gasteiger partial charge in [-0.1, -0.05) is 18.7 Å². The van der Waals surface area contributed by atoms with Crippen LogP contribution in [0.25, 0.3) is 0 Å². The number of benzene rings is 1. The molecule has 0 amide bonds. The van der Waals surface area contributed by atoms with Gasteiger partial charge in [0.1, 0.15) is 11.5 Å². The van der Waals surface area contributed by atoms with Crippen LogP contribution in [0.5, 0.6) is 11.5 Å². The molecule has 6 heteroatoms. The maximum Gasteiger partial charge on any atom is 0.257 e. The lowest BCUT2D eigenvalue weighted by Gasteiger charge is -2.10. The zero-order valence-corrected chi connectivity index (χ0v) is 10.7. The molecule has 0 fully saturated rings. The molecule has 0 aliphatic rings. The summed E-state index contributed by atoms with van der Waals surface area (Å²) >= 11 is 4.58. The van der Waals surface area contributed by atoms with E-state index in [-0.39, 0.29) is 4.45 Å². The van der Waals surface area contributed by atoms with Gasteiger partial charge in [0, 0.05) is 30.1 Å². The summed E-state index contributed by atoms with van der Waals surface area (Å²) in [6, 6.07) is 5.52. The van der Waals surface area contributed by atoms with Crippen LogP contribution in [0.3, 0.4) is 0 Å². The molecule has 4 nitrogen and oxygen atoms in total. The number of thiol groups is 1. The first-order valence-corrected chi connectivity index (χ1v) is 5.77. The van der Waals surface area contributed by atoms with Crippen molar-refractivity contribution in [1.82, 2.24) is 4.72 Å². The molecule has 1 aromatic rings. The highest BCUT2D eigenvalue weighted by molar-refractivity contribution is 8.31. The van der Waals surface area contributed by atoms with Crippen LogP contribution in [-0.4, -0.2) is 18.7 Å². The quantitative estimate of drug-likeness (QED) is 0.628. The van der Waals surface area contributed by atoms with E-state index in [1.54, 1.807) is 20.3 Å². The lowest BCUT2D eigenvalue weighted by Crippen LogP contribution is -2.06. The predicted molar refractivity (Wildman–Crippen MR) is 68.4 cm³/mol. The van der Waals surface area contributed by atoms with E-state index >= 15 is 0 Å². The summed E-state index contributed by atoms with van der Waals surface area (Å²) in [5.74, 6) is 1.46. The maximum absolute atomic E-state index is 10.6. The Morgan fingerprint density at radius 3 is 2.75 bits per heavy atom. The van der Waals surface area contributed by atoms with E-state index in [9.17, 15) is 4.79 Å². The van der Waals surface area contributed by atoms with E-state index in [1.807, 2.05) is 12.1 Å². The Morgan fingerprint density at radius 2 is 2.19 bits per heavy atom. The Bertz CT molecular complexity index is 371. The molecule has 0 spiro atoms. The fourth-order valence-electron chi connectivity index (χ4n) is 1.17. The number of carbonyl (C=O) groups is 1. The first kappa shape index (κ1) is 13.2. The molecule has 0 aromatic heterocycles. The largest absolute Gasteiger partial charge is 0.497 e. The number of nitrogens with one attached hydrogen (secondary N) is 1. The summed E-state index contributed by atoms with van der Waals surface area (Å²) in [4.78, 5) is 10.6. The Labute approximate surface area is 104 Å². The number of hydrogen-bond acceptors (Lipinski definition) is 5. The van der Waals surface area contributed by atoms with Gasteiger partial charge in [-0.05, 0) is 6.07 Å². The van der Waals surface area contributed by atoms with E-state index in [2.05, 4.69) is 17.4 Å². The van der Waals surface area contributed by atoms with Crippen molar-refractivity contribution in [2.24, 2.45) is 0 Å². The third-order valence-corrected chi connectivity index (χ3v) is 2.65. The van der Waals surface area contributed by atoms with Crippen molar-refractivity contribution >= 4 is 29.0 Å². The highest BCUT2D eigenvalue weighted by Crippen LogP contribution is 2.24. The smallest absolute Gasteiger partial charge is 0.257 e. The van der Waals surface area contributed by atoms with Crippen LogP contribution in [0.15, 0.2) is 18.2 Å². The van der Waals surface area contributed by atoms with Gasteiger partial charge in [0.15, 0.2) is 0 Å². The minimum atomic E-state index is -0.271. The molecule has 0 atom stereocenters. The lowest BCUT2D eigenvalue weighted by atomic mass is 10.2. The van der Waals surface area contributed by atoms with Crippen LogP contribution >= 0.6 is 24.6 Å². The Hall–Kier alpha value is -0.850. The SMILES string of the molecule is COc1ccc(CNSC(=O)S)c(OC)c1. The summed E-state index contributed by atoms with van der Waals surface area (Å²) < 4.78 is 12.9. The number of methoxy groups -OCH3 is 2. The minimum Gasteiger partial charge on any atom is -0.497 e. The van der Waals surface area contributed by atoms with Crippen LogP contribution in [0.1, 0.15) is 5.56 Å². The molecular weight excluding hydrogens is 246 g/mol. The molecule has 88 valence electrons. The lowest BCUT2D eigenvalue weighted by molar-refractivity contribution is 0.276. The molecule has 0 bridgehead atoms. The fraction of sp³-hybridized carbons (Fsp3) is 0.300. The zero-order valence-electron chi connectivity index (χ0n) is 9.02. The molecule has 0 saturated carbocycles. The second-order valence-corrected chi connectivity index (χ2v) is 4.44. The summed E-state index contributed by atoms with van der Waals surface area (Å²) in [6.45, 7) is 0.518. The van der Waals surface area contributed by atoms with E-state index in [1.165, 1.54) is 0 Å². The minimum absolute atomic E-state index is 0.271. The van der Waals surface area contributed by atoms with Crippen molar-refractivity contribution in [2.45, 2.75) is 6.54 Å². The van der Waals surface area contributed by atoms with Gasteiger partial charge in [-0.3, -0.25) is 9.52 Å². The van der Waals surface area contributed by atoms with Crippen molar-refractivity contribution in [2.75, 3.05) is 14.2 Å². The van der Waals surface area contributed by atoms with E-state index in [4.69, 9.17) is 9.47 Å². The molecule has 1 rings (SSSR count). The first-order valence-electron chi connectivity index (χ1n) is 4.51. The van der Waals surface area contributed by atoms with Gasteiger partial charge in [-0.2, -0.15) is 0 Å². The molecule has 1 N–H and O–H groups in total. The summed E-state index contributed by atoms with van der Waals surface area (Å²) in [5.41, 5.74) is 0.949. The molecular formula is C10H13NO3S2. The standard InChI is InChI=1S/C10H13NO3S2/c1-13-8-4-3-7(9(5-8)14-2)6-11-16-10(12)15/h3-5,11H,6H2,1-2H3,(H,12,15). The van der Waals surface area contributed by atoms with E-state index in [0.29, 0.717) is 6.54 Å². The highest BCUT2D eigenvalue weighted by atomic mass is 32.2. The van der Waals surface area contributed by atoms with Crippen molar-refractivity contribution in [3.8, 4) is 11.5 Å². The molecule has 1 aromatic carbocycles. The average molecular weight is 259 g/mol. The Morgan fingerprint density at radius 1 is 1.44 bits per heavy atom.